The predicted octanol–water partition coefficient (Wildman–Crippen LogP) is 0.0742. The number of nitrogens with zero attached hydrogens (tertiary/aromatic N) is 1. The zero-order chi connectivity index (χ0) is 8.77. The molecule has 0 radical (unpaired) electrons. The number of hydrogen-bond acceptors (Lipinski definition) is 2. The van der Waals surface area contributed by atoms with Crippen LogP contribution in [0.15, 0.2) is 0 Å². The van der Waals surface area contributed by atoms with Crippen LogP contribution in [0.1, 0.15) is 12.8 Å². The van der Waals surface area contributed by atoms with Crippen LogP contribution in [-0.4, -0.2) is 38.0 Å². The maximum absolute atomic E-state index is 11.6. The Morgan fingerprint density at radius 1 is 1.58 bits per heavy atom. The van der Waals surface area contributed by atoms with Gasteiger partial charge >= 0.3 is 0 Å². The molecule has 0 aromatic rings. The van der Waals surface area contributed by atoms with Crippen LogP contribution in [0.25, 0.3) is 0 Å². The van der Waals surface area contributed by atoms with Gasteiger partial charge < -0.3 is 10.2 Å². The molecule has 12 heavy (non-hydrogen) atoms. The molecular formula is C9H16N2O. The molecule has 1 saturated heterocycles. The molecule has 1 aliphatic heterocycles. The summed E-state index contributed by atoms with van der Waals surface area (Å²) >= 11 is 0. The first kappa shape index (κ1) is 8.05. The van der Waals surface area contributed by atoms with Gasteiger partial charge in [-0.2, -0.15) is 0 Å². The summed E-state index contributed by atoms with van der Waals surface area (Å²) < 4.78 is 0. The second kappa shape index (κ2) is 2.46. The van der Waals surface area contributed by atoms with E-state index >= 15 is 0 Å². The monoisotopic (exact) mass is 168 g/mol. The normalized spacial score (nSPS) is 38.7. The minimum atomic E-state index is 0.318. The highest BCUT2D eigenvalue weighted by molar-refractivity contribution is 5.82. The lowest BCUT2D eigenvalue weighted by atomic mass is 10.0. The Kier molecular flexibility index (Phi) is 1.65. The fourth-order valence-corrected chi connectivity index (χ4v) is 2.24. The highest BCUT2D eigenvalue weighted by atomic mass is 16.2. The Hall–Kier alpha value is -0.570. The third-order valence-corrected chi connectivity index (χ3v) is 3.21. The Balaban J connectivity index is 1.98. The second-order valence-electron chi connectivity index (χ2n) is 4.28. The minimum absolute atomic E-state index is 0.318. The topological polar surface area (TPSA) is 32.3 Å². The van der Waals surface area contributed by atoms with Gasteiger partial charge in [-0.3, -0.25) is 4.79 Å². The number of hydrogen-bond donors (Lipinski definition) is 1. The summed E-state index contributed by atoms with van der Waals surface area (Å²) in [6.45, 7) is 2.15. The molecule has 3 heteroatoms. The molecule has 1 saturated carbocycles. The van der Waals surface area contributed by atoms with Crippen LogP contribution in [0.2, 0.25) is 0 Å². The molecule has 0 aromatic heterocycles. The third-order valence-electron chi connectivity index (χ3n) is 3.21. The molecule has 2 atom stereocenters. The van der Waals surface area contributed by atoms with Crippen LogP contribution < -0.4 is 5.32 Å². The lowest BCUT2D eigenvalue weighted by Gasteiger charge is -2.12. The van der Waals surface area contributed by atoms with E-state index in [-0.39, 0.29) is 0 Å². The Morgan fingerprint density at radius 3 is 2.83 bits per heavy atom. The molecular weight excluding hydrogens is 152 g/mol. The van der Waals surface area contributed by atoms with Gasteiger partial charge in [-0.05, 0) is 24.8 Å². The maximum Gasteiger partial charge on any atom is 0.225 e. The maximum atomic E-state index is 11.6. The summed E-state index contributed by atoms with van der Waals surface area (Å²) in [6, 6.07) is 0. The number of rotatable bonds is 1. The first-order chi connectivity index (χ1) is 5.66. The summed E-state index contributed by atoms with van der Waals surface area (Å²) in [4.78, 5) is 13.3. The van der Waals surface area contributed by atoms with E-state index in [1.807, 2.05) is 14.1 Å². The van der Waals surface area contributed by atoms with Crippen molar-refractivity contribution in [3.05, 3.63) is 0 Å². The molecule has 1 aliphatic carbocycles. The largest absolute Gasteiger partial charge is 0.349 e. The zero-order valence-electron chi connectivity index (χ0n) is 7.76. The fourth-order valence-electron chi connectivity index (χ4n) is 2.24. The zero-order valence-corrected chi connectivity index (χ0v) is 7.76. The van der Waals surface area contributed by atoms with E-state index in [0.717, 1.165) is 19.5 Å². The molecule has 2 fully saturated rings. The van der Waals surface area contributed by atoms with Gasteiger partial charge in [0.15, 0.2) is 0 Å². The molecule has 0 bridgehead atoms. The van der Waals surface area contributed by atoms with Crippen molar-refractivity contribution < 1.29 is 4.79 Å². The Labute approximate surface area is 73.1 Å². The molecule has 68 valence electrons. The van der Waals surface area contributed by atoms with E-state index in [0.29, 0.717) is 17.2 Å². The average Bonchev–Trinajstić information content (AvgIpc) is 2.48. The van der Waals surface area contributed by atoms with Crippen molar-refractivity contribution in [3.8, 4) is 0 Å². The van der Waals surface area contributed by atoms with Crippen molar-refractivity contribution in [1.82, 2.24) is 10.2 Å². The quantitative estimate of drug-likeness (QED) is 0.601. The van der Waals surface area contributed by atoms with E-state index in [1.54, 1.807) is 4.90 Å². The second-order valence-corrected chi connectivity index (χ2v) is 4.28. The Morgan fingerprint density at radius 2 is 2.33 bits per heavy atom. The molecule has 1 N–H and O–H groups in total. The van der Waals surface area contributed by atoms with Gasteiger partial charge in [0.05, 0.1) is 0 Å². The standard InChI is InChI=1S/C9H16N2O/c1-11(2)8(12)7-5-9(7)3-4-10-6-9/h7,10H,3-6H2,1-2H3. The number of carbonyl (C=O) groups excluding carboxylic acids is 1. The number of nitrogens with one attached hydrogen (secondary N) is 1. The summed E-state index contributed by atoms with van der Waals surface area (Å²) in [5, 5.41) is 3.33. The van der Waals surface area contributed by atoms with Gasteiger partial charge in [0.2, 0.25) is 5.91 Å². The molecule has 0 aromatic carbocycles. The first-order valence-corrected chi connectivity index (χ1v) is 4.58. The van der Waals surface area contributed by atoms with E-state index < -0.39 is 0 Å². The fraction of sp³-hybridized carbons (Fsp3) is 0.889. The lowest BCUT2D eigenvalue weighted by molar-refractivity contribution is -0.130. The van der Waals surface area contributed by atoms with E-state index in [4.69, 9.17) is 0 Å². The lowest BCUT2D eigenvalue weighted by Crippen LogP contribution is -2.26. The van der Waals surface area contributed by atoms with Crippen LogP contribution in [-0.2, 0) is 4.79 Å². The van der Waals surface area contributed by atoms with Crippen molar-refractivity contribution in [3.63, 3.8) is 0 Å². The van der Waals surface area contributed by atoms with Gasteiger partial charge in [0, 0.05) is 26.6 Å². The third kappa shape index (κ3) is 1.04. The van der Waals surface area contributed by atoms with Crippen molar-refractivity contribution in [2.45, 2.75) is 12.8 Å². The summed E-state index contributed by atoms with van der Waals surface area (Å²) in [7, 11) is 3.69. The minimum Gasteiger partial charge on any atom is -0.349 e. The van der Waals surface area contributed by atoms with Crippen LogP contribution in [0.4, 0.5) is 0 Å². The van der Waals surface area contributed by atoms with Gasteiger partial charge in [0.25, 0.3) is 0 Å². The van der Waals surface area contributed by atoms with Gasteiger partial charge in [-0.25, -0.2) is 0 Å². The molecule has 2 unspecified atom stereocenters. The molecule has 2 aliphatic rings. The smallest absolute Gasteiger partial charge is 0.225 e. The van der Waals surface area contributed by atoms with Crippen molar-refractivity contribution >= 4 is 5.91 Å². The SMILES string of the molecule is CN(C)C(=O)C1CC12CCNC2. The van der Waals surface area contributed by atoms with E-state index in [2.05, 4.69) is 5.32 Å². The van der Waals surface area contributed by atoms with Crippen LogP contribution in [0.5, 0.6) is 0 Å². The van der Waals surface area contributed by atoms with E-state index in [9.17, 15) is 4.79 Å². The highest BCUT2D eigenvalue weighted by Gasteiger charge is 2.59. The van der Waals surface area contributed by atoms with Crippen LogP contribution >= 0.6 is 0 Å². The van der Waals surface area contributed by atoms with Gasteiger partial charge in [0.1, 0.15) is 0 Å². The summed E-state index contributed by atoms with van der Waals surface area (Å²) in [6.07, 6.45) is 2.30. The molecule has 1 amide bonds. The van der Waals surface area contributed by atoms with E-state index in [1.165, 1.54) is 6.42 Å². The molecule has 1 heterocycles. The summed E-state index contributed by atoms with van der Waals surface area (Å²) in [5.41, 5.74) is 0.362. The summed E-state index contributed by atoms with van der Waals surface area (Å²) in [5.74, 6) is 0.640. The van der Waals surface area contributed by atoms with Gasteiger partial charge in [-0.15, -0.1) is 0 Å². The van der Waals surface area contributed by atoms with Crippen molar-refractivity contribution in [2.24, 2.45) is 11.3 Å². The number of carbonyl (C=O) groups is 1. The van der Waals surface area contributed by atoms with Crippen LogP contribution in [0.3, 0.4) is 0 Å². The molecule has 2 rings (SSSR count). The van der Waals surface area contributed by atoms with Crippen molar-refractivity contribution in [1.29, 1.82) is 0 Å². The van der Waals surface area contributed by atoms with Crippen molar-refractivity contribution in [2.75, 3.05) is 27.2 Å². The predicted molar refractivity (Wildman–Crippen MR) is 46.7 cm³/mol. The average molecular weight is 168 g/mol. The van der Waals surface area contributed by atoms with Crippen LogP contribution in [0, 0.1) is 11.3 Å². The first-order valence-electron chi connectivity index (χ1n) is 4.58. The molecule has 3 nitrogen and oxygen atoms in total. The highest BCUT2D eigenvalue weighted by Crippen LogP contribution is 2.56. The van der Waals surface area contributed by atoms with Gasteiger partial charge in [-0.1, -0.05) is 0 Å². The number of amides is 1. The Bertz CT molecular complexity index is 207. The molecule has 1 spiro atoms.